The maximum atomic E-state index is 5.59. The van der Waals surface area contributed by atoms with Gasteiger partial charge in [0.2, 0.25) is 0 Å². The molecule has 112 valence electrons. The molecule has 2 heteroatoms. The molecule has 2 aromatic rings. The fraction of sp³-hybridized carbons (Fsp3) is 0.200. The average molecular weight is 308 g/mol. The van der Waals surface area contributed by atoms with Gasteiger partial charge in [-0.1, -0.05) is 72.8 Å². The number of hydrogen-bond acceptors (Lipinski definition) is 1. The quantitative estimate of drug-likeness (QED) is 0.745. The van der Waals surface area contributed by atoms with Gasteiger partial charge < -0.3 is 4.74 Å². The summed E-state index contributed by atoms with van der Waals surface area (Å²) >= 11 is 0. The SMILES string of the molecule is COC(C)C1=C(P(c2ccccc2)c2ccccc2)CC=C1. The molecule has 0 aromatic heterocycles. The number of ether oxygens (including phenoxy) is 1. The molecule has 0 heterocycles. The van der Waals surface area contributed by atoms with Crippen molar-refractivity contribution < 1.29 is 4.74 Å². The number of allylic oxidation sites excluding steroid dienone is 2. The molecule has 0 saturated heterocycles. The lowest BCUT2D eigenvalue weighted by atomic mass is 10.2. The summed E-state index contributed by atoms with van der Waals surface area (Å²) < 4.78 is 5.59. The number of rotatable bonds is 5. The predicted molar refractivity (Wildman–Crippen MR) is 96.3 cm³/mol. The second-order valence-electron chi connectivity index (χ2n) is 5.39. The van der Waals surface area contributed by atoms with E-state index in [1.165, 1.54) is 21.5 Å². The molecule has 0 bridgehead atoms. The van der Waals surface area contributed by atoms with Crippen LogP contribution in [-0.2, 0) is 4.74 Å². The van der Waals surface area contributed by atoms with Gasteiger partial charge in [-0.3, -0.25) is 0 Å². The van der Waals surface area contributed by atoms with Gasteiger partial charge in [-0.25, -0.2) is 0 Å². The average Bonchev–Trinajstić information content (AvgIpc) is 3.06. The highest BCUT2D eigenvalue weighted by Gasteiger charge is 2.25. The van der Waals surface area contributed by atoms with E-state index in [1.54, 1.807) is 7.11 Å². The van der Waals surface area contributed by atoms with Gasteiger partial charge >= 0.3 is 0 Å². The molecule has 22 heavy (non-hydrogen) atoms. The Balaban J connectivity index is 2.11. The zero-order valence-electron chi connectivity index (χ0n) is 13.1. The van der Waals surface area contributed by atoms with Crippen molar-refractivity contribution in [1.82, 2.24) is 0 Å². The van der Waals surface area contributed by atoms with E-state index in [2.05, 4.69) is 79.7 Å². The van der Waals surface area contributed by atoms with Crippen molar-refractivity contribution in [2.75, 3.05) is 7.11 Å². The molecule has 2 aromatic carbocycles. The predicted octanol–water partition coefficient (Wildman–Crippen LogP) is 4.37. The van der Waals surface area contributed by atoms with Crippen molar-refractivity contribution in [3.8, 4) is 0 Å². The van der Waals surface area contributed by atoms with Gasteiger partial charge in [0.05, 0.1) is 6.10 Å². The lowest BCUT2D eigenvalue weighted by Gasteiger charge is -2.23. The van der Waals surface area contributed by atoms with Crippen LogP contribution in [0.15, 0.2) is 83.7 Å². The summed E-state index contributed by atoms with van der Waals surface area (Å²) in [4.78, 5) is 0. The number of methoxy groups -OCH3 is 1. The number of hydrogen-bond donors (Lipinski definition) is 0. The van der Waals surface area contributed by atoms with Crippen LogP contribution >= 0.6 is 7.92 Å². The summed E-state index contributed by atoms with van der Waals surface area (Å²) in [7, 11) is 1.29. The van der Waals surface area contributed by atoms with Crippen molar-refractivity contribution in [3.05, 3.63) is 83.7 Å². The first-order valence-corrected chi connectivity index (χ1v) is 8.98. The van der Waals surface area contributed by atoms with Gasteiger partial charge in [0, 0.05) is 7.11 Å². The van der Waals surface area contributed by atoms with E-state index in [1.807, 2.05) is 0 Å². The summed E-state index contributed by atoms with van der Waals surface area (Å²) in [5, 5.41) is 4.33. The minimum Gasteiger partial charge on any atom is -0.377 e. The van der Waals surface area contributed by atoms with Crippen LogP contribution in [0.1, 0.15) is 13.3 Å². The van der Waals surface area contributed by atoms with E-state index >= 15 is 0 Å². The van der Waals surface area contributed by atoms with E-state index in [-0.39, 0.29) is 6.10 Å². The Morgan fingerprint density at radius 3 is 1.95 bits per heavy atom. The topological polar surface area (TPSA) is 9.23 Å². The van der Waals surface area contributed by atoms with E-state index in [0.29, 0.717) is 0 Å². The van der Waals surface area contributed by atoms with Crippen molar-refractivity contribution in [3.63, 3.8) is 0 Å². The Labute approximate surface area is 134 Å². The van der Waals surface area contributed by atoms with Gasteiger partial charge in [-0.05, 0) is 42.8 Å². The van der Waals surface area contributed by atoms with Crippen molar-refractivity contribution in [1.29, 1.82) is 0 Å². The normalized spacial score (nSPS) is 15.6. The third kappa shape index (κ3) is 3.06. The van der Waals surface area contributed by atoms with E-state index in [4.69, 9.17) is 4.74 Å². The second-order valence-corrected chi connectivity index (χ2v) is 7.64. The fourth-order valence-electron chi connectivity index (χ4n) is 2.84. The molecule has 1 nitrogen and oxygen atoms in total. The van der Waals surface area contributed by atoms with E-state index < -0.39 is 7.92 Å². The lowest BCUT2D eigenvalue weighted by Crippen LogP contribution is -2.15. The first-order chi connectivity index (χ1) is 10.8. The molecular formula is C20H21OP. The largest absolute Gasteiger partial charge is 0.377 e. The van der Waals surface area contributed by atoms with E-state index in [0.717, 1.165) is 6.42 Å². The third-order valence-electron chi connectivity index (χ3n) is 4.03. The van der Waals surface area contributed by atoms with Gasteiger partial charge in [0.25, 0.3) is 0 Å². The van der Waals surface area contributed by atoms with Crippen LogP contribution in [0, 0.1) is 0 Å². The van der Waals surface area contributed by atoms with Crippen LogP contribution in [0.25, 0.3) is 0 Å². The highest BCUT2D eigenvalue weighted by molar-refractivity contribution is 7.76. The van der Waals surface area contributed by atoms with Gasteiger partial charge in [0.1, 0.15) is 0 Å². The lowest BCUT2D eigenvalue weighted by molar-refractivity contribution is 0.149. The van der Waals surface area contributed by atoms with Crippen molar-refractivity contribution >= 4 is 18.5 Å². The summed E-state index contributed by atoms with van der Waals surface area (Å²) in [6.45, 7) is 2.13. The molecule has 0 saturated carbocycles. The molecule has 1 unspecified atom stereocenters. The molecule has 0 fully saturated rings. The van der Waals surface area contributed by atoms with Crippen LogP contribution in [-0.4, -0.2) is 13.2 Å². The molecule has 0 spiro atoms. The summed E-state index contributed by atoms with van der Waals surface area (Å²) in [5.41, 5.74) is 1.35. The molecule has 1 aliphatic carbocycles. The molecule has 0 N–H and O–H groups in total. The highest BCUT2D eigenvalue weighted by atomic mass is 31.1. The fourth-order valence-corrected chi connectivity index (χ4v) is 5.51. The van der Waals surface area contributed by atoms with Gasteiger partial charge in [0.15, 0.2) is 0 Å². The zero-order chi connectivity index (χ0) is 15.4. The van der Waals surface area contributed by atoms with Crippen LogP contribution < -0.4 is 10.6 Å². The van der Waals surface area contributed by atoms with Gasteiger partial charge in [-0.2, -0.15) is 0 Å². The van der Waals surface area contributed by atoms with Crippen LogP contribution in [0.5, 0.6) is 0 Å². The van der Waals surface area contributed by atoms with Crippen LogP contribution in [0.4, 0.5) is 0 Å². The minimum absolute atomic E-state index is 0.145. The molecule has 1 atom stereocenters. The van der Waals surface area contributed by atoms with Crippen molar-refractivity contribution in [2.45, 2.75) is 19.4 Å². The zero-order valence-corrected chi connectivity index (χ0v) is 14.0. The maximum Gasteiger partial charge on any atom is 0.0796 e. The molecule has 3 rings (SSSR count). The van der Waals surface area contributed by atoms with Gasteiger partial charge in [-0.15, -0.1) is 0 Å². The molecule has 0 amide bonds. The molecular weight excluding hydrogens is 287 g/mol. The van der Waals surface area contributed by atoms with Crippen LogP contribution in [0.3, 0.4) is 0 Å². The Kier molecular flexibility index (Phi) is 4.87. The molecule has 0 aliphatic heterocycles. The first-order valence-electron chi connectivity index (χ1n) is 7.64. The highest BCUT2D eigenvalue weighted by Crippen LogP contribution is 2.49. The summed E-state index contributed by atoms with van der Waals surface area (Å²) in [6, 6.07) is 21.7. The Bertz CT molecular complexity index is 634. The maximum absolute atomic E-state index is 5.59. The standard InChI is InChI=1S/C20H21OP/c1-16(21-2)19-14-9-15-20(19)22(17-10-5-3-6-11-17)18-12-7-4-8-13-18/h3-14,16H,15H2,1-2H3. The monoisotopic (exact) mass is 308 g/mol. The molecule has 0 radical (unpaired) electrons. The number of benzene rings is 2. The van der Waals surface area contributed by atoms with Crippen molar-refractivity contribution in [2.24, 2.45) is 0 Å². The third-order valence-corrected chi connectivity index (χ3v) is 6.64. The van der Waals surface area contributed by atoms with Crippen LogP contribution in [0.2, 0.25) is 0 Å². The smallest absolute Gasteiger partial charge is 0.0796 e. The Hall–Kier alpha value is -1.69. The Morgan fingerprint density at radius 2 is 1.45 bits per heavy atom. The van der Waals surface area contributed by atoms with E-state index in [9.17, 15) is 0 Å². The second kappa shape index (κ2) is 7.05. The minimum atomic E-state index is -0.492. The molecule has 1 aliphatic rings. The first kappa shape index (κ1) is 15.2. The summed E-state index contributed by atoms with van der Waals surface area (Å²) in [5.74, 6) is 0. The summed E-state index contributed by atoms with van der Waals surface area (Å²) in [6.07, 6.45) is 5.68. The Morgan fingerprint density at radius 1 is 0.909 bits per heavy atom.